The van der Waals surface area contributed by atoms with Gasteiger partial charge in [-0.05, 0) is 24.1 Å². The zero-order valence-electron chi connectivity index (χ0n) is 11.8. The first kappa shape index (κ1) is 15.0. The number of rotatable bonds is 5. The molecule has 1 atom stereocenters. The molecule has 1 unspecified atom stereocenters. The van der Waals surface area contributed by atoms with Gasteiger partial charge >= 0.3 is 5.97 Å². The van der Waals surface area contributed by atoms with Crippen molar-refractivity contribution in [2.45, 2.75) is 19.3 Å². The highest BCUT2D eigenvalue weighted by Crippen LogP contribution is 2.19. The average Bonchev–Trinajstić information content (AvgIpc) is 2.77. The fourth-order valence-electron chi connectivity index (χ4n) is 2.34. The van der Waals surface area contributed by atoms with Crippen LogP contribution in [-0.4, -0.2) is 41.4 Å². The summed E-state index contributed by atoms with van der Waals surface area (Å²) in [4.78, 5) is 35.6. The Hall–Kier alpha value is -2.37. The summed E-state index contributed by atoms with van der Waals surface area (Å²) in [5, 5.41) is 11.5. The highest BCUT2D eigenvalue weighted by Gasteiger charge is 2.32. The van der Waals surface area contributed by atoms with E-state index in [0.29, 0.717) is 18.7 Å². The van der Waals surface area contributed by atoms with Crippen LogP contribution in [0, 0.1) is 5.92 Å². The normalized spacial score (nSPS) is 17.9. The summed E-state index contributed by atoms with van der Waals surface area (Å²) < 4.78 is 0. The van der Waals surface area contributed by atoms with Gasteiger partial charge in [-0.1, -0.05) is 12.1 Å². The maximum Gasteiger partial charge on any atom is 0.303 e. The lowest BCUT2D eigenvalue weighted by molar-refractivity contribution is -0.137. The molecule has 6 heteroatoms. The molecule has 1 aliphatic heterocycles. The number of hydrogen-bond acceptors (Lipinski definition) is 3. The molecule has 1 aliphatic rings. The highest BCUT2D eigenvalue weighted by molar-refractivity contribution is 5.97. The van der Waals surface area contributed by atoms with Crippen LogP contribution in [0.25, 0.3) is 0 Å². The third kappa shape index (κ3) is 4.05. The quantitative estimate of drug-likeness (QED) is 0.850. The SMILES string of the molecule is CN1CC(C(=O)Nc2cccc(CCC(=O)O)c2)CC1=O. The van der Waals surface area contributed by atoms with Crippen LogP contribution >= 0.6 is 0 Å². The van der Waals surface area contributed by atoms with Crippen LogP contribution in [0.2, 0.25) is 0 Å². The van der Waals surface area contributed by atoms with Gasteiger partial charge in [-0.25, -0.2) is 0 Å². The van der Waals surface area contributed by atoms with Gasteiger partial charge in [0.2, 0.25) is 11.8 Å². The first-order valence-electron chi connectivity index (χ1n) is 6.81. The molecule has 6 nitrogen and oxygen atoms in total. The van der Waals surface area contributed by atoms with E-state index in [0.717, 1.165) is 5.56 Å². The molecule has 2 N–H and O–H groups in total. The maximum absolute atomic E-state index is 12.1. The van der Waals surface area contributed by atoms with Gasteiger partial charge in [-0.3, -0.25) is 14.4 Å². The maximum atomic E-state index is 12.1. The molecule has 1 fully saturated rings. The summed E-state index contributed by atoms with van der Waals surface area (Å²) >= 11 is 0. The molecule has 21 heavy (non-hydrogen) atoms. The second-order valence-electron chi connectivity index (χ2n) is 5.26. The molecule has 112 valence electrons. The van der Waals surface area contributed by atoms with Crippen molar-refractivity contribution in [1.82, 2.24) is 4.90 Å². The van der Waals surface area contributed by atoms with Gasteiger partial charge in [-0.2, -0.15) is 0 Å². The molecule has 1 aromatic carbocycles. The molecule has 1 saturated heterocycles. The van der Waals surface area contributed by atoms with Gasteiger partial charge in [0.15, 0.2) is 0 Å². The van der Waals surface area contributed by atoms with E-state index in [1.165, 1.54) is 0 Å². The van der Waals surface area contributed by atoms with Crippen molar-refractivity contribution < 1.29 is 19.5 Å². The van der Waals surface area contributed by atoms with Crippen LogP contribution < -0.4 is 5.32 Å². The summed E-state index contributed by atoms with van der Waals surface area (Å²) in [6.07, 6.45) is 0.712. The highest BCUT2D eigenvalue weighted by atomic mass is 16.4. The Labute approximate surface area is 122 Å². The Morgan fingerprint density at radius 2 is 2.19 bits per heavy atom. The van der Waals surface area contributed by atoms with Crippen LogP contribution in [0.15, 0.2) is 24.3 Å². The van der Waals surface area contributed by atoms with Gasteiger partial charge < -0.3 is 15.3 Å². The van der Waals surface area contributed by atoms with Crippen molar-refractivity contribution in [3.8, 4) is 0 Å². The number of benzene rings is 1. The van der Waals surface area contributed by atoms with Crippen LogP contribution in [0.3, 0.4) is 0 Å². The number of aryl methyl sites for hydroxylation is 1. The molecule has 0 aliphatic carbocycles. The van der Waals surface area contributed by atoms with Gasteiger partial charge in [0.1, 0.15) is 0 Å². The minimum absolute atomic E-state index is 0.0228. The van der Waals surface area contributed by atoms with Crippen molar-refractivity contribution in [2.24, 2.45) is 5.92 Å². The number of nitrogens with one attached hydrogen (secondary N) is 1. The predicted octanol–water partition coefficient (Wildman–Crippen LogP) is 1.12. The molecule has 0 radical (unpaired) electrons. The Kier molecular flexibility index (Phi) is 4.57. The lowest BCUT2D eigenvalue weighted by Crippen LogP contribution is -2.25. The molecule has 0 spiro atoms. The first-order chi connectivity index (χ1) is 9.95. The summed E-state index contributed by atoms with van der Waals surface area (Å²) in [6, 6.07) is 7.12. The molecule has 0 saturated carbocycles. The van der Waals surface area contributed by atoms with Crippen molar-refractivity contribution >= 4 is 23.5 Å². The van der Waals surface area contributed by atoms with Crippen molar-refractivity contribution in [3.63, 3.8) is 0 Å². The number of anilines is 1. The zero-order valence-corrected chi connectivity index (χ0v) is 11.8. The van der Waals surface area contributed by atoms with E-state index in [-0.39, 0.29) is 30.6 Å². The summed E-state index contributed by atoms with van der Waals surface area (Å²) in [7, 11) is 1.68. The largest absolute Gasteiger partial charge is 0.481 e. The number of carbonyl (C=O) groups is 3. The monoisotopic (exact) mass is 290 g/mol. The van der Waals surface area contributed by atoms with Crippen molar-refractivity contribution in [1.29, 1.82) is 0 Å². The number of carbonyl (C=O) groups excluding carboxylic acids is 2. The van der Waals surface area contributed by atoms with Crippen LogP contribution in [0.1, 0.15) is 18.4 Å². The lowest BCUT2D eigenvalue weighted by Gasteiger charge is -2.11. The fraction of sp³-hybridized carbons (Fsp3) is 0.400. The van der Waals surface area contributed by atoms with Gasteiger partial charge in [0, 0.05) is 32.1 Å². The molecular formula is C15H18N2O4. The Balaban J connectivity index is 1.96. The first-order valence-corrected chi connectivity index (χ1v) is 6.81. The van der Waals surface area contributed by atoms with E-state index >= 15 is 0 Å². The number of likely N-dealkylation sites (tertiary alicyclic amines) is 1. The zero-order chi connectivity index (χ0) is 15.4. The van der Waals surface area contributed by atoms with E-state index < -0.39 is 5.97 Å². The third-order valence-corrected chi connectivity index (χ3v) is 3.53. The standard InChI is InChI=1S/C15H18N2O4/c1-17-9-11(8-13(17)18)15(21)16-12-4-2-3-10(7-12)5-6-14(19)20/h2-4,7,11H,5-6,8-9H2,1H3,(H,16,21)(H,19,20). The van der Waals surface area contributed by atoms with Crippen LogP contribution in [0.4, 0.5) is 5.69 Å². The van der Waals surface area contributed by atoms with E-state index in [1.807, 2.05) is 6.07 Å². The van der Waals surface area contributed by atoms with Gasteiger partial charge in [0.05, 0.1) is 5.92 Å². The van der Waals surface area contributed by atoms with Crippen LogP contribution in [0.5, 0.6) is 0 Å². The van der Waals surface area contributed by atoms with E-state index in [2.05, 4.69) is 5.32 Å². The van der Waals surface area contributed by atoms with Gasteiger partial charge in [0.25, 0.3) is 0 Å². The minimum atomic E-state index is -0.850. The molecular weight excluding hydrogens is 272 g/mol. The molecule has 1 heterocycles. The van der Waals surface area contributed by atoms with Crippen molar-refractivity contribution in [2.75, 3.05) is 18.9 Å². The predicted molar refractivity (Wildman–Crippen MR) is 76.8 cm³/mol. The van der Waals surface area contributed by atoms with E-state index in [1.54, 1.807) is 30.1 Å². The topological polar surface area (TPSA) is 86.7 Å². The molecule has 2 amide bonds. The Bertz CT molecular complexity index is 571. The molecule has 1 aromatic rings. The minimum Gasteiger partial charge on any atom is -0.481 e. The van der Waals surface area contributed by atoms with E-state index in [9.17, 15) is 14.4 Å². The van der Waals surface area contributed by atoms with E-state index in [4.69, 9.17) is 5.11 Å². The molecule has 0 bridgehead atoms. The smallest absolute Gasteiger partial charge is 0.303 e. The fourth-order valence-corrected chi connectivity index (χ4v) is 2.34. The van der Waals surface area contributed by atoms with Crippen molar-refractivity contribution in [3.05, 3.63) is 29.8 Å². The number of carboxylic acids is 1. The third-order valence-electron chi connectivity index (χ3n) is 3.53. The number of amides is 2. The number of aliphatic carboxylic acids is 1. The summed E-state index contributed by atoms with van der Waals surface area (Å²) in [6.45, 7) is 0.434. The summed E-state index contributed by atoms with van der Waals surface area (Å²) in [5.41, 5.74) is 1.49. The molecule has 0 aromatic heterocycles. The number of carboxylic acid groups (broad SMARTS) is 1. The lowest BCUT2D eigenvalue weighted by atomic mass is 10.1. The summed E-state index contributed by atoms with van der Waals surface area (Å²) in [5.74, 6) is -1.38. The second kappa shape index (κ2) is 6.39. The number of nitrogens with zero attached hydrogens (tertiary/aromatic N) is 1. The Morgan fingerprint density at radius 3 is 2.81 bits per heavy atom. The average molecular weight is 290 g/mol. The van der Waals surface area contributed by atoms with Crippen LogP contribution in [-0.2, 0) is 20.8 Å². The second-order valence-corrected chi connectivity index (χ2v) is 5.26. The Morgan fingerprint density at radius 1 is 1.43 bits per heavy atom. The molecule has 2 rings (SSSR count). The van der Waals surface area contributed by atoms with Gasteiger partial charge in [-0.15, -0.1) is 0 Å². The number of hydrogen-bond donors (Lipinski definition) is 2.